The Kier molecular flexibility index (Phi) is 3.32. The van der Waals surface area contributed by atoms with Crippen LogP contribution < -0.4 is 5.73 Å². The molecular weight excluding hydrogens is 212 g/mol. The number of rotatable bonds is 3. The van der Waals surface area contributed by atoms with Gasteiger partial charge in [-0.3, -0.25) is 9.98 Å². The van der Waals surface area contributed by atoms with E-state index >= 15 is 0 Å². The van der Waals surface area contributed by atoms with Crippen molar-refractivity contribution in [2.75, 3.05) is 6.54 Å². The lowest BCUT2D eigenvalue weighted by Gasteiger charge is -2.03. The van der Waals surface area contributed by atoms with Crippen molar-refractivity contribution in [2.45, 2.75) is 20.3 Å². The Labute approximate surface area is 101 Å². The van der Waals surface area contributed by atoms with Crippen LogP contribution in [-0.2, 0) is 6.42 Å². The van der Waals surface area contributed by atoms with Crippen LogP contribution in [0.2, 0.25) is 0 Å². The number of fused-ring (bicyclic) bond motifs is 1. The van der Waals surface area contributed by atoms with Crippen molar-refractivity contribution in [3.05, 3.63) is 29.6 Å². The molecule has 0 unspecified atom stereocenters. The summed E-state index contributed by atoms with van der Waals surface area (Å²) in [5.74, 6) is 0.633. The number of aliphatic imine (C=N–C) groups is 2. The van der Waals surface area contributed by atoms with Gasteiger partial charge in [0.25, 0.3) is 0 Å². The molecule has 4 heteroatoms. The molecule has 1 aliphatic heterocycles. The number of hydrogen-bond donors (Lipinski definition) is 1. The standard InChI is InChI=1S/C13H16N4/c1-3-9(7-15-4-2)10-5-12-11(16-8-10)6-13(14)17-12/h3,5,7-8H,4,6H2,1-2H3,(H2,14,17)/b9-3+,15-7?. The van der Waals surface area contributed by atoms with Crippen LogP contribution in [0, 0.1) is 0 Å². The van der Waals surface area contributed by atoms with E-state index in [1.165, 1.54) is 0 Å². The van der Waals surface area contributed by atoms with Crippen molar-refractivity contribution in [3.63, 3.8) is 0 Å². The Bertz CT molecular complexity index is 512. The molecule has 0 fully saturated rings. The molecule has 0 amide bonds. The largest absolute Gasteiger partial charge is 0.387 e. The number of hydrogen-bond acceptors (Lipinski definition) is 4. The number of nitrogens with two attached hydrogens (primary N) is 1. The minimum atomic E-state index is 0.633. The van der Waals surface area contributed by atoms with Gasteiger partial charge in [-0.1, -0.05) is 6.08 Å². The summed E-state index contributed by atoms with van der Waals surface area (Å²) in [7, 11) is 0. The fraction of sp³-hybridized carbons (Fsp3) is 0.308. The van der Waals surface area contributed by atoms with Gasteiger partial charge in [-0.2, -0.15) is 0 Å². The number of amidine groups is 1. The second-order valence-corrected chi connectivity index (χ2v) is 3.84. The lowest BCUT2D eigenvalue weighted by molar-refractivity contribution is 1.14. The van der Waals surface area contributed by atoms with E-state index in [1.807, 2.05) is 38.4 Å². The third-order valence-corrected chi connectivity index (χ3v) is 2.62. The molecular formula is C13H16N4. The fourth-order valence-corrected chi connectivity index (χ4v) is 1.74. The molecule has 4 nitrogen and oxygen atoms in total. The summed E-state index contributed by atoms with van der Waals surface area (Å²) in [4.78, 5) is 12.9. The van der Waals surface area contributed by atoms with Crippen LogP contribution in [0.3, 0.4) is 0 Å². The topological polar surface area (TPSA) is 63.6 Å². The maximum Gasteiger partial charge on any atom is 0.106 e. The van der Waals surface area contributed by atoms with E-state index in [-0.39, 0.29) is 0 Å². The second kappa shape index (κ2) is 4.91. The molecule has 17 heavy (non-hydrogen) atoms. The molecule has 2 heterocycles. The van der Waals surface area contributed by atoms with Gasteiger partial charge in [0.15, 0.2) is 0 Å². The first-order chi connectivity index (χ1) is 8.24. The molecule has 0 spiro atoms. The Balaban J connectivity index is 2.34. The fourth-order valence-electron chi connectivity index (χ4n) is 1.74. The number of nitrogens with zero attached hydrogens (tertiary/aromatic N) is 3. The minimum Gasteiger partial charge on any atom is -0.387 e. The van der Waals surface area contributed by atoms with E-state index < -0.39 is 0 Å². The summed E-state index contributed by atoms with van der Waals surface area (Å²) in [6, 6.07) is 2.01. The van der Waals surface area contributed by atoms with Crippen LogP contribution in [0.4, 0.5) is 5.69 Å². The van der Waals surface area contributed by atoms with Gasteiger partial charge in [0.05, 0.1) is 11.4 Å². The van der Waals surface area contributed by atoms with E-state index in [0.29, 0.717) is 12.3 Å². The average molecular weight is 228 g/mol. The molecule has 0 saturated carbocycles. The van der Waals surface area contributed by atoms with Crippen LogP contribution in [0.25, 0.3) is 5.57 Å². The summed E-state index contributed by atoms with van der Waals surface area (Å²) in [5.41, 5.74) is 9.61. The molecule has 0 aromatic carbocycles. The molecule has 88 valence electrons. The van der Waals surface area contributed by atoms with Crippen LogP contribution in [0.15, 0.2) is 28.3 Å². The summed E-state index contributed by atoms with van der Waals surface area (Å²) < 4.78 is 0. The average Bonchev–Trinajstić information content (AvgIpc) is 2.69. The van der Waals surface area contributed by atoms with Gasteiger partial charge < -0.3 is 5.73 Å². The Morgan fingerprint density at radius 1 is 1.59 bits per heavy atom. The van der Waals surface area contributed by atoms with Crippen LogP contribution >= 0.6 is 0 Å². The van der Waals surface area contributed by atoms with Gasteiger partial charge in [0.1, 0.15) is 5.84 Å². The van der Waals surface area contributed by atoms with E-state index in [4.69, 9.17) is 5.73 Å². The van der Waals surface area contributed by atoms with Gasteiger partial charge in [0, 0.05) is 30.9 Å². The SMILES string of the molecule is C/C=C(\C=NCC)c1cnc2c(c1)N=C(N)C2. The van der Waals surface area contributed by atoms with Gasteiger partial charge in [0.2, 0.25) is 0 Å². The highest BCUT2D eigenvalue weighted by molar-refractivity contribution is 6.10. The Morgan fingerprint density at radius 3 is 3.12 bits per heavy atom. The molecule has 0 bridgehead atoms. The van der Waals surface area contributed by atoms with Gasteiger partial charge >= 0.3 is 0 Å². The third kappa shape index (κ3) is 2.41. The monoisotopic (exact) mass is 228 g/mol. The first-order valence-corrected chi connectivity index (χ1v) is 5.73. The molecule has 0 radical (unpaired) electrons. The minimum absolute atomic E-state index is 0.633. The van der Waals surface area contributed by atoms with Crippen molar-refractivity contribution in [2.24, 2.45) is 15.7 Å². The van der Waals surface area contributed by atoms with Crippen molar-refractivity contribution in [1.82, 2.24) is 4.98 Å². The van der Waals surface area contributed by atoms with Crippen LogP contribution in [-0.4, -0.2) is 23.6 Å². The lowest BCUT2D eigenvalue weighted by atomic mass is 10.1. The van der Waals surface area contributed by atoms with Crippen molar-refractivity contribution < 1.29 is 0 Å². The van der Waals surface area contributed by atoms with Crippen molar-refractivity contribution in [3.8, 4) is 0 Å². The molecule has 1 aromatic heterocycles. The summed E-state index contributed by atoms with van der Waals surface area (Å²) in [6.45, 7) is 4.78. The Hall–Kier alpha value is -1.97. The quantitative estimate of drug-likeness (QED) is 0.805. The highest BCUT2D eigenvalue weighted by Crippen LogP contribution is 2.26. The molecule has 1 aromatic rings. The summed E-state index contributed by atoms with van der Waals surface area (Å²) in [6.07, 6.45) is 6.39. The molecule has 1 aliphatic rings. The molecule has 0 atom stereocenters. The van der Waals surface area contributed by atoms with E-state index in [0.717, 1.165) is 29.1 Å². The smallest absolute Gasteiger partial charge is 0.106 e. The van der Waals surface area contributed by atoms with Gasteiger partial charge in [-0.05, 0) is 25.5 Å². The Morgan fingerprint density at radius 2 is 2.41 bits per heavy atom. The number of allylic oxidation sites excluding steroid dienone is 2. The van der Waals surface area contributed by atoms with Crippen LogP contribution in [0.5, 0.6) is 0 Å². The van der Waals surface area contributed by atoms with E-state index in [9.17, 15) is 0 Å². The molecule has 0 saturated heterocycles. The van der Waals surface area contributed by atoms with Crippen LogP contribution in [0.1, 0.15) is 25.1 Å². The predicted octanol–water partition coefficient (Wildman–Crippen LogP) is 2.12. The predicted molar refractivity (Wildman–Crippen MR) is 71.9 cm³/mol. The zero-order valence-corrected chi connectivity index (χ0v) is 10.1. The molecule has 0 aliphatic carbocycles. The highest BCUT2D eigenvalue weighted by Gasteiger charge is 2.14. The zero-order valence-electron chi connectivity index (χ0n) is 10.1. The van der Waals surface area contributed by atoms with Gasteiger partial charge in [-0.25, -0.2) is 4.99 Å². The van der Waals surface area contributed by atoms with Crippen molar-refractivity contribution in [1.29, 1.82) is 0 Å². The number of pyridine rings is 1. The van der Waals surface area contributed by atoms with Crippen molar-refractivity contribution >= 4 is 23.3 Å². The van der Waals surface area contributed by atoms with E-state index in [2.05, 4.69) is 15.0 Å². The number of aromatic nitrogens is 1. The maximum absolute atomic E-state index is 5.69. The first kappa shape index (κ1) is 11.5. The van der Waals surface area contributed by atoms with E-state index in [1.54, 1.807) is 0 Å². The highest BCUT2D eigenvalue weighted by atomic mass is 14.9. The maximum atomic E-state index is 5.69. The lowest BCUT2D eigenvalue weighted by Crippen LogP contribution is -2.10. The first-order valence-electron chi connectivity index (χ1n) is 5.73. The normalized spacial score (nSPS) is 15.2. The summed E-state index contributed by atoms with van der Waals surface area (Å²) >= 11 is 0. The molecule has 2 rings (SSSR count). The zero-order chi connectivity index (χ0) is 12.3. The molecule has 2 N–H and O–H groups in total. The summed E-state index contributed by atoms with van der Waals surface area (Å²) in [5, 5.41) is 0. The third-order valence-electron chi connectivity index (χ3n) is 2.62. The second-order valence-electron chi connectivity index (χ2n) is 3.84. The van der Waals surface area contributed by atoms with Gasteiger partial charge in [-0.15, -0.1) is 0 Å².